The molecule has 0 bridgehead atoms. The smallest absolute Gasteiger partial charge is 0.123 e. The molecule has 1 heteroatoms. The van der Waals surface area contributed by atoms with Crippen molar-refractivity contribution in [1.82, 2.24) is 0 Å². The Morgan fingerprint density at radius 1 is 1.00 bits per heavy atom. The van der Waals surface area contributed by atoms with Gasteiger partial charge in [0.2, 0.25) is 0 Å². The minimum Gasteiger partial charge on any atom is -0.207 e. The quantitative estimate of drug-likeness (QED) is 0.558. The number of rotatable bonds is 4. The maximum Gasteiger partial charge on any atom is 0.123 e. The van der Waals surface area contributed by atoms with E-state index in [1.165, 1.54) is 56.9 Å². The van der Waals surface area contributed by atoms with Crippen molar-refractivity contribution < 1.29 is 4.39 Å². The molecule has 0 N–H and O–H groups in total. The SMILES string of the molecule is CC=CCCC1CCC2CC(c3ccc(F)cc3)CCC2C1. The van der Waals surface area contributed by atoms with Crippen LogP contribution in [0.2, 0.25) is 0 Å². The van der Waals surface area contributed by atoms with Gasteiger partial charge in [0.1, 0.15) is 5.82 Å². The van der Waals surface area contributed by atoms with Crippen LogP contribution < -0.4 is 0 Å². The number of allylic oxidation sites excluding steroid dienone is 2. The van der Waals surface area contributed by atoms with Crippen LogP contribution in [-0.2, 0) is 0 Å². The molecule has 0 spiro atoms. The lowest BCUT2D eigenvalue weighted by Crippen LogP contribution is -2.30. The normalized spacial score (nSPS) is 32.1. The van der Waals surface area contributed by atoms with E-state index in [-0.39, 0.29) is 5.82 Å². The van der Waals surface area contributed by atoms with Crippen LogP contribution in [0.25, 0.3) is 0 Å². The van der Waals surface area contributed by atoms with Gasteiger partial charge in [0.15, 0.2) is 0 Å². The Morgan fingerprint density at radius 3 is 2.50 bits per heavy atom. The Kier molecular flexibility index (Phi) is 5.33. The van der Waals surface area contributed by atoms with Gasteiger partial charge in [-0.2, -0.15) is 0 Å². The summed E-state index contributed by atoms with van der Waals surface area (Å²) in [6.45, 7) is 2.12. The second-order valence-corrected chi connectivity index (χ2v) is 7.41. The van der Waals surface area contributed by atoms with E-state index in [0.717, 1.165) is 17.8 Å². The van der Waals surface area contributed by atoms with Gasteiger partial charge in [-0.15, -0.1) is 0 Å². The van der Waals surface area contributed by atoms with Crippen LogP contribution in [0, 0.1) is 23.6 Å². The van der Waals surface area contributed by atoms with Crippen LogP contribution in [0.1, 0.15) is 69.8 Å². The van der Waals surface area contributed by atoms with Gasteiger partial charge in [0.25, 0.3) is 0 Å². The van der Waals surface area contributed by atoms with Crippen LogP contribution in [-0.4, -0.2) is 0 Å². The van der Waals surface area contributed by atoms with Gasteiger partial charge in [-0.3, -0.25) is 0 Å². The van der Waals surface area contributed by atoms with Crippen LogP contribution in [0.5, 0.6) is 0 Å². The fraction of sp³-hybridized carbons (Fsp3) is 0.619. The Bertz CT molecular complexity index is 487. The largest absolute Gasteiger partial charge is 0.207 e. The molecule has 0 aliphatic heterocycles. The highest BCUT2D eigenvalue weighted by atomic mass is 19.1. The first kappa shape index (κ1) is 15.8. The highest BCUT2D eigenvalue weighted by Gasteiger charge is 2.35. The van der Waals surface area contributed by atoms with Crippen molar-refractivity contribution in [2.24, 2.45) is 17.8 Å². The second kappa shape index (κ2) is 7.44. The van der Waals surface area contributed by atoms with Gasteiger partial charge in [-0.1, -0.05) is 30.7 Å². The second-order valence-electron chi connectivity index (χ2n) is 7.41. The van der Waals surface area contributed by atoms with E-state index >= 15 is 0 Å². The van der Waals surface area contributed by atoms with Gasteiger partial charge in [0, 0.05) is 0 Å². The molecule has 2 aliphatic rings. The molecule has 1 aromatic rings. The molecule has 0 radical (unpaired) electrons. The number of halogens is 1. The topological polar surface area (TPSA) is 0 Å². The molecule has 0 aromatic heterocycles. The predicted molar refractivity (Wildman–Crippen MR) is 91.4 cm³/mol. The lowest BCUT2D eigenvalue weighted by molar-refractivity contribution is 0.115. The highest BCUT2D eigenvalue weighted by molar-refractivity contribution is 5.21. The first-order chi connectivity index (χ1) is 10.8. The molecule has 4 unspecified atom stereocenters. The van der Waals surface area contributed by atoms with Gasteiger partial charge >= 0.3 is 0 Å². The molecule has 22 heavy (non-hydrogen) atoms. The minimum absolute atomic E-state index is 0.112. The molecule has 2 fully saturated rings. The van der Waals surface area contributed by atoms with Gasteiger partial charge in [-0.25, -0.2) is 4.39 Å². The van der Waals surface area contributed by atoms with E-state index in [0.29, 0.717) is 5.92 Å². The van der Waals surface area contributed by atoms with E-state index in [2.05, 4.69) is 19.1 Å². The van der Waals surface area contributed by atoms with E-state index in [1.807, 2.05) is 12.1 Å². The molecular weight excluding hydrogens is 271 g/mol. The van der Waals surface area contributed by atoms with Gasteiger partial charge in [-0.05, 0) is 93.2 Å². The maximum atomic E-state index is 13.1. The van der Waals surface area contributed by atoms with Crippen molar-refractivity contribution in [3.05, 3.63) is 47.8 Å². The van der Waals surface area contributed by atoms with Crippen molar-refractivity contribution in [1.29, 1.82) is 0 Å². The number of benzene rings is 1. The molecule has 2 aliphatic carbocycles. The van der Waals surface area contributed by atoms with Crippen LogP contribution >= 0.6 is 0 Å². The van der Waals surface area contributed by atoms with Crippen molar-refractivity contribution in [2.45, 2.75) is 64.2 Å². The minimum atomic E-state index is -0.112. The Balaban J connectivity index is 1.54. The summed E-state index contributed by atoms with van der Waals surface area (Å²) in [6, 6.07) is 7.26. The summed E-state index contributed by atoms with van der Waals surface area (Å²) in [5.41, 5.74) is 1.36. The van der Waals surface area contributed by atoms with Gasteiger partial charge in [0.05, 0.1) is 0 Å². The molecular formula is C21H29F. The first-order valence-corrected chi connectivity index (χ1v) is 9.13. The highest BCUT2D eigenvalue weighted by Crippen LogP contribution is 2.48. The first-order valence-electron chi connectivity index (χ1n) is 9.13. The summed E-state index contributed by atoms with van der Waals surface area (Å²) in [6.07, 6.45) is 15.5. The lowest BCUT2D eigenvalue weighted by Gasteiger charge is -2.42. The molecule has 0 heterocycles. The van der Waals surface area contributed by atoms with Crippen molar-refractivity contribution in [2.75, 3.05) is 0 Å². The summed E-state index contributed by atoms with van der Waals surface area (Å²) in [4.78, 5) is 0. The third-order valence-electron chi connectivity index (χ3n) is 6.04. The average molecular weight is 300 g/mol. The Hall–Kier alpha value is -1.11. The third-order valence-corrected chi connectivity index (χ3v) is 6.04. The molecule has 4 atom stereocenters. The molecule has 1 aromatic carbocycles. The molecule has 0 nitrogen and oxygen atoms in total. The molecule has 120 valence electrons. The summed E-state index contributed by atoms with van der Waals surface area (Å²) in [5.74, 6) is 3.39. The van der Waals surface area contributed by atoms with Gasteiger partial charge < -0.3 is 0 Å². The lowest BCUT2D eigenvalue weighted by atomic mass is 9.63. The average Bonchev–Trinajstić information content (AvgIpc) is 2.55. The zero-order chi connectivity index (χ0) is 15.4. The van der Waals surface area contributed by atoms with Crippen molar-refractivity contribution in [3.63, 3.8) is 0 Å². The fourth-order valence-corrected chi connectivity index (χ4v) is 4.78. The van der Waals surface area contributed by atoms with E-state index in [9.17, 15) is 4.39 Å². The molecule has 2 saturated carbocycles. The van der Waals surface area contributed by atoms with Crippen molar-refractivity contribution >= 4 is 0 Å². The van der Waals surface area contributed by atoms with Crippen LogP contribution in [0.4, 0.5) is 4.39 Å². The van der Waals surface area contributed by atoms with Crippen LogP contribution in [0.15, 0.2) is 36.4 Å². The summed E-state index contributed by atoms with van der Waals surface area (Å²) >= 11 is 0. The van der Waals surface area contributed by atoms with E-state index < -0.39 is 0 Å². The van der Waals surface area contributed by atoms with E-state index in [1.54, 1.807) is 12.1 Å². The zero-order valence-electron chi connectivity index (χ0n) is 13.8. The maximum absolute atomic E-state index is 13.1. The van der Waals surface area contributed by atoms with E-state index in [4.69, 9.17) is 0 Å². The Labute approximate surface area is 134 Å². The molecule has 3 rings (SSSR count). The number of fused-ring (bicyclic) bond motifs is 1. The monoisotopic (exact) mass is 300 g/mol. The summed E-state index contributed by atoms with van der Waals surface area (Å²) in [7, 11) is 0. The Morgan fingerprint density at radius 2 is 1.73 bits per heavy atom. The standard InChI is InChI=1S/C21H29F/c1-2-3-4-5-16-6-7-20-15-19(9-8-18(20)14-16)17-10-12-21(22)13-11-17/h2-3,10-13,16,18-20H,4-9,14-15H2,1H3. The van der Waals surface area contributed by atoms with Crippen molar-refractivity contribution in [3.8, 4) is 0 Å². The zero-order valence-corrected chi connectivity index (χ0v) is 13.8. The third kappa shape index (κ3) is 3.80. The van der Waals surface area contributed by atoms with Crippen LogP contribution in [0.3, 0.4) is 0 Å². The number of hydrogen-bond acceptors (Lipinski definition) is 0. The fourth-order valence-electron chi connectivity index (χ4n) is 4.78. The summed E-state index contributed by atoms with van der Waals surface area (Å²) < 4.78 is 13.1. The summed E-state index contributed by atoms with van der Waals surface area (Å²) in [5, 5.41) is 0. The number of hydrogen-bond donors (Lipinski definition) is 0. The predicted octanol–water partition coefficient (Wildman–Crippen LogP) is 6.48. The molecule has 0 saturated heterocycles. The molecule has 0 amide bonds.